The summed E-state index contributed by atoms with van der Waals surface area (Å²) in [6.45, 7) is 5.84. The average Bonchev–Trinajstić information content (AvgIpc) is 3.53. The van der Waals surface area contributed by atoms with E-state index in [2.05, 4.69) is 10.3 Å². The molecule has 1 fully saturated rings. The van der Waals surface area contributed by atoms with E-state index in [0.717, 1.165) is 18.4 Å². The molecule has 2 amide bonds. The molecule has 0 bridgehead atoms. The van der Waals surface area contributed by atoms with Crippen molar-refractivity contribution in [2.24, 2.45) is 0 Å². The monoisotopic (exact) mass is 603 g/mol. The van der Waals surface area contributed by atoms with Crippen LogP contribution in [0.3, 0.4) is 0 Å². The number of fused-ring (bicyclic) bond motifs is 4. The number of ether oxygens (including phenoxy) is 2. The molecule has 1 spiro atoms. The fourth-order valence-corrected chi connectivity index (χ4v) is 6.34. The van der Waals surface area contributed by atoms with Crippen molar-refractivity contribution in [3.63, 3.8) is 0 Å². The first-order chi connectivity index (χ1) is 20.1. The smallest absolute Gasteiger partial charge is 0.280 e. The number of carbonyl (C=O) groups excluding carboxylic acids is 2. The van der Waals surface area contributed by atoms with Crippen molar-refractivity contribution in [3.8, 4) is 23.0 Å². The van der Waals surface area contributed by atoms with Gasteiger partial charge in [0.1, 0.15) is 17.7 Å². The Morgan fingerprint density at radius 3 is 2.52 bits per heavy atom. The highest BCUT2D eigenvalue weighted by atomic mass is 35.5. The summed E-state index contributed by atoms with van der Waals surface area (Å²) in [5.74, 6) is 0.609. The molecule has 7 rings (SSSR count). The number of hydrogen-bond acceptors (Lipinski definition) is 6. The highest BCUT2D eigenvalue weighted by molar-refractivity contribution is 6.32. The number of amides is 2. The van der Waals surface area contributed by atoms with E-state index in [9.17, 15) is 9.59 Å². The van der Waals surface area contributed by atoms with Crippen molar-refractivity contribution >= 4 is 46.4 Å². The van der Waals surface area contributed by atoms with E-state index in [1.807, 2.05) is 31.4 Å². The number of halogens is 2. The third-order valence-electron chi connectivity index (χ3n) is 7.99. The Morgan fingerprint density at radius 1 is 1.07 bits per heavy atom. The Bertz CT molecular complexity index is 1820. The number of methoxy groups -OCH3 is 1. The van der Waals surface area contributed by atoms with Crippen LogP contribution in [0.5, 0.6) is 11.6 Å². The number of aryl methyl sites for hydroxylation is 1. The van der Waals surface area contributed by atoms with E-state index >= 15 is 0 Å². The Hall–Kier alpha value is -4.08. The van der Waals surface area contributed by atoms with Gasteiger partial charge in [-0.3, -0.25) is 14.5 Å². The van der Waals surface area contributed by atoms with Crippen LogP contribution in [0, 0.1) is 6.92 Å². The van der Waals surface area contributed by atoms with Crippen molar-refractivity contribution < 1.29 is 19.1 Å². The van der Waals surface area contributed by atoms with Gasteiger partial charge < -0.3 is 19.4 Å². The molecule has 1 aliphatic carbocycles. The van der Waals surface area contributed by atoms with E-state index < -0.39 is 17.4 Å². The van der Waals surface area contributed by atoms with E-state index in [4.69, 9.17) is 37.7 Å². The Labute approximate surface area is 252 Å². The average molecular weight is 604 g/mol. The number of nitrogens with one attached hydrogen (secondary N) is 1. The molecule has 9 nitrogen and oxygen atoms in total. The van der Waals surface area contributed by atoms with Gasteiger partial charge in [0.15, 0.2) is 11.2 Å². The number of rotatable bonds is 6. The summed E-state index contributed by atoms with van der Waals surface area (Å²) in [5, 5.41) is 3.89. The largest absolute Gasteiger partial charge is 0.496 e. The molecule has 0 radical (unpaired) electrons. The molecular formula is C31H27Cl2N5O4. The van der Waals surface area contributed by atoms with E-state index in [1.165, 1.54) is 4.90 Å². The summed E-state index contributed by atoms with van der Waals surface area (Å²) < 4.78 is 13.6. The van der Waals surface area contributed by atoms with Crippen LogP contribution in [0.4, 0.5) is 11.4 Å². The molecule has 214 valence electrons. The van der Waals surface area contributed by atoms with Crippen LogP contribution in [0.25, 0.3) is 11.4 Å². The maximum Gasteiger partial charge on any atom is 0.280 e. The minimum absolute atomic E-state index is 0.163. The second-order valence-electron chi connectivity index (χ2n) is 11.1. The first-order valence-electron chi connectivity index (χ1n) is 13.7. The van der Waals surface area contributed by atoms with Crippen molar-refractivity contribution in [2.75, 3.05) is 17.3 Å². The molecule has 0 unspecified atom stereocenters. The summed E-state index contributed by atoms with van der Waals surface area (Å²) in [5.41, 5.74) is 2.03. The molecule has 1 saturated carbocycles. The van der Waals surface area contributed by atoms with Gasteiger partial charge in [-0.1, -0.05) is 35.3 Å². The van der Waals surface area contributed by atoms with Crippen LogP contribution in [0.2, 0.25) is 10.0 Å². The first kappa shape index (κ1) is 26.8. The van der Waals surface area contributed by atoms with Crippen LogP contribution >= 0.6 is 23.2 Å². The lowest BCUT2D eigenvalue weighted by atomic mass is 9.86. The predicted molar refractivity (Wildman–Crippen MR) is 160 cm³/mol. The molecule has 11 heteroatoms. The summed E-state index contributed by atoms with van der Waals surface area (Å²) >= 11 is 12.8. The van der Waals surface area contributed by atoms with Gasteiger partial charge in [0.25, 0.3) is 11.8 Å². The number of anilines is 2. The van der Waals surface area contributed by atoms with Crippen molar-refractivity contribution in [1.29, 1.82) is 0 Å². The molecule has 0 saturated heterocycles. The Kier molecular flexibility index (Phi) is 6.04. The van der Waals surface area contributed by atoms with Crippen LogP contribution in [0.15, 0.2) is 48.7 Å². The third kappa shape index (κ3) is 3.76. The number of benzene rings is 2. The van der Waals surface area contributed by atoms with Crippen LogP contribution in [-0.2, 0) is 10.3 Å². The number of carbonyl (C=O) groups is 2. The Balaban J connectivity index is 1.52. The summed E-state index contributed by atoms with van der Waals surface area (Å²) in [4.78, 5) is 39.9. The molecule has 2 aromatic carbocycles. The van der Waals surface area contributed by atoms with E-state index in [1.54, 1.807) is 49.7 Å². The number of aromatic nitrogens is 3. The number of hydrogen-bond donors (Lipinski definition) is 1. The molecule has 42 heavy (non-hydrogen) atoms. The second kappa shape index (κ2) is 9.47. The van der Waals surface area contributed by atoms with Crippen molar-refractivity contribution in [2.45, 2.75) is 51.3 Å². The zero-order valence-electron chi connectivity index (χ0n) is 23.4. The van der Waals surface area contributed by atoms with E-state index in [-0.39, 0.29) is 17.8 Å². The molecule has 1 N–H and O–H groups in total. The topological polar surface area (TPSA) is 98.6 Å². The standard InChI is InChI=1S/C31H27Cl2N5O4/c1-15(2)37-27-26(36-28(37)20-14-34-25(13-24(20)41-4)42-19-8-9-19)29(39)38(23-12-18(33)6-5-16(23)3)31(27)21-10-7-17(32)11-22(21)35-30(31)40/h5-7,10-15,19H,8-9H2,1-4H3,(H,35,40)/t31-/m1/s1. The minimum Gasteiger partial charge on any atom is -0.496 e. The summed E-state index contributed by atoms with van der Waals surface area (Å²) in [7, 11) is 1.57. The predicted octanol–water partition coefficient (Wildman–Crippen LogP) is 6.55. The molecule has 1 atom stereocenters. The fraction of sp³-hybridized carbons (Fsp3) is 0.290. The lowest BCUT2D eigenvalue weighted by molar-refractivity contribution is -0.119. The van der Waals surface area contributed by atoms with Crippen LogP contribution in [0.1, 0.15) is 60.0 Å². The SMILES string of the molecule is COc1cc(OC2CC2)ncc1-c1nc2c(n1C(C)C)[C@]1(C(=O)Nc3cc(Cl)ccc31)N(c1cc(Cl)ccc1C)C2=O. The van der Waals surface area contributed by atoms with Gasteiger partial charge in [-0.05, 0) is 63.4 Å². The lowest BCUT2D eigenvalue weighted by Crippen LogP contribution is -2.51. The molecule has 3 aliphatic rings. The molecule has 2 aromatic heterocycles. The van der Waals surface area contributed by atoms with Gasteiger partial charge in [-0.25, -0.2) is 9.97 Å². The van der Waals surface area contributed by atoms with Crippen LogP contribution < -0.4 is 19.7 Å². The maximum absolute atomic E-state index is 14.5. The number of nitrogens with zero attached hydrogens (tertiary/aromatic N) is 4. The van der Waals surface area contributed by atoms with Gasteiger partial charge in [-0.2, -0.15) is 0 Å². The molecular weight excluding hydrogens is 577 g/mol. The lowest BCUT2D eigenvalue weighted by Gasteiger charge is -2.36. The summed E-state index contributed by atoms with van der Waals surface area (Å²) in [6.07, 6.45) is 3.81. The third-order valence-corrected chi connectivity index (χ3v) is 8.46. The fourth-order valence-electron chi connectivity index (χ4n) is 6.00. The number of pyridine rings is 1. The van der Waals surface area contributed by atoms with Crippen molar-refractivity contribution in [3.05, 3.63) is 81.2 Å². The zero-order valence-corrected chi connectivity index (χ0v) is 24.9. The van der Waals surface area contributed by atoms with Gasteiger partial charge in [0.05, 0.1) is 24.1 Å². The maximum atomic E-state index is 14.5. The van der Waals surface area contributed by atoms with Gasteiger partial charge in [0, 0.05) is 39.6 Å². The molecule has 4 heterocycles. The highest BCUT2D eigenvalue weighted by Crippen LogP contribution is 2.55. The van der Waals surface area contributed by atoms with Gasteiger partial charge in [0.2, 0.25) is 5.88 Å². The number of imidazole rings is 1. The molecule has 4 aromatic rings. The van der Waals surface area contributed by atoms with Gasteiger partial charge >= 0.3 is 0 Å². The Morgan fingerprint density at radius 2 is 1.81 bits per heavy atom. The normalized spacial score (nSPS) is 19.0. The van der Waals surface area contributed by atoms with E-state index in [0.29, 0.717) is 55.7 Å². The van der Waals surface area contributed by atoms with Crippen molar-refractivity contribution in [1.82, 2.24) is 14.5 Å². The van der Waals surface area contributed by atoms with Crippen LogP contribution in [-0.4, -0.2) is 39.6 Å². The van der Waals surface area contributed by atoms with Gasteiger partial charge in [-0.15, -0.1) is 0 Å². The quantitative estimate of drug-likeness (QED) is 0.268. The summed E-state index contributed by atoms with van der Waals surface area (Å²) in [6, 6.07) is 12.0. The molecule has 2 aliphatic heterocycles. The second-order valence-corrected chi connectivity index (χ2v) is 11.9. The zero-order chi connectivity index (χ0) is 29.5. The highest BCUT2D eigenvalue weighted by Gasteiger charge is 2.64. The first-order valence-corrected chi connectivity index (χ1v) is 14.5. The minimum atomic E-state index is -1.58.